The number of aryl methyl sites for hydroxylation is 4. The zero-order valence-corrected chi connectivity index (χ0v) is 18.0. The molecule has 0 aliphatic heterocycles. The van der Waals surface area contributed by atoms with Crippen molar-refractivity contribution < 1.29 is 4.57 Å². The number of rotatable bonds is 1. The van der Waals surface area contributed by atoms with Gasteiger partial charge in [-0.3, -0.25) is 0 Å². The molecule has 2 heteroatoms. The molecule has 0 unspecified atom stereocenters. The molecule has 6 rings (SSSR count). The quantitative estimate of drug-likeness (QED) is 0.301. The molecule has 0 bridgehead atoms. The van der Waals surface area contributed by atoms with Crippen LogP contribution in [0.3, 0.4) is 0 Å². The average molecular weight is 390 g/mol. The Morgan fingerprint density at radius 2 is 1.63 bits per heavy atom. The van der Waals surface area contributed by atoms with Crippen molar-refractivity contribution in [3.05, 3.63) is 94.8 Å². The number of hydrogen-bond donors (Lipinski definition) is 0. The van der Waals surface area contributed by atoms with Gasteiger partial charge in [0.2, 0.25) is 5.69 Å². The number of aromatic nitrogens is 2. The summed E-state index contributed by atoms with van der Waals surface area (Å²) in [4.78, 5) is 0. The lowest BCUT2D eigenvalue weighted by atomic mass is 9.92. The van der Waals surface area contributed by atoms with Gasteiger partial charge < -0.3 is 4.40 Å². The number of para-hydroxylation sites is 1. The van der Waals surface area contributed by atoms with E-state index in [1.165, 1.54) is 66.6 Å². The molecule has 0 N–H and O–H groups in total. The standard InChI is InChI=1S/C28H25N2/c1-17-9-10-21-12-22-14-23-13-20-7-5-6-8-25(20)30(23)16-24(22)28(21)27(17)26-11-18(2)19(3)15-29(26)4/h5-11,13-16H,12H2,1-4H3/q+1. The van der Waals surface area contributed by atoms with Crippen LogP contribution in [0.1, 0.15) is 27.8 Å². The number of hydrogen-bond acceptors (Lipinski definition) is 0. The summed E-state index contributed by atoms with van der Waals surface area (Å²) in [7, 11) is 2.17. The third-order valence-corrected chi connectivity index (χ3v) is 6.85. The maximum absolute atomic E-state index is 2.38. The van der Waals surface area contributed by atoms with Crippen LogP contribution in [0, 0.1) is 20.8 Å². The van der Waals surface area contributed by atoms with Gasteiger partial charge in [0.25, 0.3) is 0 Å². The van der Waals surface area contributed by atoms with E-state index in [9.17, 15) is 0 Å². The molecular weight excluding hydrogens is 364 g/mol. The highest BCUT2D eigenvalue weighted by atomic mass is 14.9. The largest absolute Gasteiger partial charge is 0.316 e. The van der Waals surface area contributed by atoms with E-state index in [1.54, 1.807) is 0 Å². The summed E-state index contributed by atoms with van der Waals surface area (Å²) < 4.78 is 4.64. The molecule has 2 aromatic carbocycles. The molecule has 0 saturated carbocycles. The smallest absolute Gasteiger partial charge is 0.213 e. The van der Waals surface area contributed by atoms with Gasteiger partial charge in [-0.1, -0.05) is 30.3 Å². The maximum Gasteiger partial charge on any atom is 0.213 e. The van der Waals surface area contributed by atoms with E-state index in [0.717, 1.165) is 6.42 Å². The Labute approximate surface area is 177 Å². The molecule has 30 heavy (non-hydrogen) atoms. The zero-order chi connectivity index (χ0) is 20.6. The minimum absolute atomic E-state index is 1.00. The predicted octanol–water partition coefficient (Wildman–Crippen LogP) is 6.08. The average Bonchev–Trinajstić information content (AvgIpc) is 3.27. The van der Waals surface area contributed by atoms with Crippen molar-refractivity contribution >= 4 is 16.4 Å². The van der Waals surface area contributed by atoms with Crippen LogP contribution in [-0.4, -0.2) is 4.40 Å². The fourth-order valence-electron chi connectivity index (χ4n) is 5.16. The highest BCUT2D eigenvalue weighted by Crippen LogP contribution is 2.44. The third-order valence-electron chi connectivity index (χ3n) is 6.85. The van der Waals surface area contributed by atoms with Crippen LogP contribution in [0.5, 0.6) is 0 Å². The van der Waals surface area contributed by atoms with Crippen LogP contribution in [0.2, 0.25) is 0 Å². The second-order valence-electron chi connectivity index (χ2n) is 8.81. The Kier molecular flexibility index (Phi) is 3.53. The first kappa shape index (κ1) is 17.5. The van der Waals surface area contributed by atoms with Crippen LogP contribution in [0.15, 0.2) is 67.0 Å². The summed E-state index contributed by atoms with van der Waals surface area (Å²) in [5, 5.41) is 1.30. The van der Waals surface area contributed by atoms with Crippen LogP contribution in [0.25, 0.3) is 38.8 Å². The summed E-state index contributed by atoms with van der Waals surface area (Å²) in [6, 6.07) is 20.3. The van der Waals surface area contributed by atoms with Crippen molar-refractivity contribution in [2.45, 2.75) is 27.2 Å². The summed E-state index contributed by atoms with van der Waals surface area (Å²) in [5.74, 6) is 0. The van der Waals surface area contributed by atoms with E-state index >= 15 is 0 Å². The maximum atomic E-state index is 2.38. The van der Waals surface area contributed by atoms with Crippen LogP contribution < -0.4 is 4.57 Å². The molecule has 0 radical (unpaired) electrons. The van der Waals surface area contributed by atoms with Crippen LogP contribution in [0.4, 0.5) is 0 Å². The van der Waals surface area contributed by atoms with Crippen molar-refractivity contribution in [1.82, 2.24) is 4.40 Å². The predicted molar refractivity (Wildman–Crippen MR) is 124 cm³/mol. The summed E-state index contributed by atoms with van der Waals surface area (Å²) in [6.07, 6.45) is 5.62. The second-order valence-corrected chi connectivity index (χ2v) is 8.81. The molecule has 0 amide bonds. The molecule has 2 nitrogen and oxygen atoms in total. The molecule has 0 spiro atoms. The molecule has 1 aliphatic carbocycles. The molecule has 0 fully saturated rings. The van der Waals surface area contributed by atoms with Crippen molar-refractivity contribution in [3.63, 3.8) is 0 Å². The molecular formula is C28H25N2+. The second kappa shape index (κ2) is 6.06. The van der Waals surface area contributed by atoms with Crippen LogP contribution in [-0.2, 0) is 13.5 Å². The van der Waals surface area contributed by atoms with Crippen molar-refractivity contribution in [2.75, 3.05) is 0 Å². The fraction of sp³-hybridized carbons (Fsp3) is 0.179. The minimum atomic E-state index is 1.00. The first-order valence-corrected chi connectivity index (χ1v) is 10.6. The van der Waals surface area contributed by atoms with Gasteiger partial charge in [0.15, 0.2) is 6.20 Å². The Hall–Kier alpha value is -3.39. The van der Waals surface area contributed by atoms with E-state index < -0.39 is 0 Å². The van der Waals surface area contributed by atoms with Gasteiger partial charge in [-0.05, 0) is 67.6 Å². The SMILES string of the molecule is Cc1cc(-c2c(C)ccc3c2-c2cn4c(cc2C3)cc2ccccc24)[n+](C)cc1C. The van der Waals surface area contributed by atoms with Gasteiger partial charge in [0.05, 0.1) is 11.1 Å². The minimum Gasteiger partial charge on any atom is -0.316 e. The van der Waals surface area contributed by atoms with E-state index in [2.05, 4.69) is 104 Å². The molecule has 3 heterocycles. The van der Waals surface area contributed by atoms with E-state index in [1.807, 2.05) is 0 Å². The fourth-order valence-corrected chi connectivity index (χ4v) is 5.16. The first-order chi connectivity index (χ1) is 14.5. The monoisotopic (exact) mass is 389 g/mol. The topological polar surface area (TPSA) is 8.29 Å². The molecule has 1 aliphatic rings. The lowest BCUT2D eigenvalue weighted by Crippen LogP contribution is -2.31. The van der Waals surface area contributed by atoms with E-state index in [-0.39, 0.29) is 0 Å². The third kappa shape index (κ3) is 2.34. The van der Waals surface area contributed by atoms with Gasteiger partial charge in [0, 0.05) is 39.9 Å². The Morgan fingerprint density at radius 3 is 2.50 bits per heavy atom. The van der Waals surface area contributed by atoms with Gasteiger partial charge in [0.1, 0.15) is 7.05 Å². The Balaban J connectivity index is 1.69. The molecule has 146 valence electrons. The van der Waals surface area contributed by atoms with Crippen molar-refractivity contribution in [2.24, 2.45) is 7.05 Å². The van der Waals surface area contributed by atoms with E-state index in [4.69, 9.17) is 0 Å². The van der Waals surface area contributed by atoms with Gasteiger partial charge in [-0.2, -0.15) is 0 Å². The van der Waals surface area contributed by atoms with Gasteiger partial charge in [-0.25, -0.2) is 4.57 Å². The highest BCUT2D eigenvalue weighted by molar-refractivity contribution is 5.93. The van der Waals surface area contributed by atoms with Crippen LogP contribution >= 0.6 is 0 Å². The number of benzene rings is 2. The van der Waals surface area contributed by atoms with Crippen molar-refractivity contribution in [3.8, 4) is 22.4 Å². The summed E-state index contributed by atoms with van der Waals surface area (Å²) in [6.45, 7) is 6.64. The number of nitrogens with zero attached hydrogens (tertiary/aromatic N) is 2. The molecule has 5 aromatic rings. The van der Waals surface area contributed by atoms with Crippen molar-refractivity contribution in [1.29, 1.82) is 0 Å². The zero-order valence-electron chi connectivity index (χ0n) is 18.0. The Bertz CT molecular complexity index is 1500. The normalized spacial score (nSPS) is 12.5. The van der Waals surface area contributed by atoms with Gasteiger partial charge >= 0.3 is 0 Å². The highest BCUT2D eigenvalue weighted by Gasteiger charge is 2.28. The summed E-state index contributed by atoms with van der Waals surface area (Å²) in [5.41, 5.74) is 14.8. The molecule has 0 atom stereocenters. The molecule has 0 saturated heterocycles. The van der Waals surface area contributed by atoms with Gasteiger partial charge in [-0.15, -0.1) is 0 Å². The number of pyridine rings is 2. The number of fused-ring (bicyclic) bond motifs is 6. The Morgan fingerprint density at radius 1 is 0.800 bits per heavy atom. The van der Waals surface area contributed by atoms with E-state index in [0.29, 0.717) is 0 Å². The lowest BCUT2D eigenvalue weighted by molar-refractivity contribution is -0.660. The molecule has 3 aromatic heterocycles. The summed E-state index contributed by atoms with van der Waals surface area (Å²) >= 11 is 0. The first-order valence-electron chi connectivity index (χ1n) is 10.6. The lowest BCUT2D eigenvalue weighted by Gasteiger charge is -2.13.